The first-order valence-electron chi connectivity index (χ1n) is 6.47. The van der Waals surface area contributed by atoms with E-state index in [0.717, 1.165) is 25.7 Å². The van der Waals surface area contributed by atoms with Crippen molar-refractivity contribution in [1.82, 2.24) is 4.98 Å². The van der Waals surface area contributed by atoms with Gasteiger partial charge in [-0.1, -0.05) is 0 Å². The Morgan fingerprint density at radius 2 is 1.90 bits per heavy atom. The van der Waals surface area contributed by atoms with Gasteiger partial charge in [-0.25, -0.2) is 0 Å². The highest BCUT2D eigenvalue weighted by Gasteiger charge is 2.19. The molecule has 5 N–H and O–H groups in total. The predicted octanol–water partition coefficient (Wildman–Crippen LogP) is 1.71. The highest BCUT2D eigenvalue weighted by atomic mass is 35.5. The van der Waals surface area contributed by atoms with E-state index in [1.54, 1.807) is 12.1 Å². The lowest BCUT2D eigenvalue weighted by Gasteiger charge is -2.27. The molecule has 0 unspecified atom stereocenters. The van der Waals surface area contributed by atoms with Crippen LogP contribution in [0.4, 0.5) is 5.82 Å². The van der Waals surface area contributed by atoms with Gasteiger partial charge in [-0.15, -0.1) is 24.8 Å². The Kier molecular flexibility index (Phi) is 8.39. The third-order valence-corrected chi connectivity index (χ3v) is 3.44. The maximum absolute atomic E-state index is 11.2. The number of methoxy groups -OCH3 is 1. The molecule has 0 spiro atoms. The second kappa shape index (κ2) is 8.92. The molecule has 1 amide bonds. The number of nitrogens with two attached hydrogens (primary N) is 2. The summed E-state index contributed by atoms with van der Waals surface area (Å²) in [5.74, 6) is 0.409. The predicted molar refractivity (Wildman–Crippen MR) is 87.7 cm³/mol. The maximum atomic E-state index is 11.2. The number of carbonyl (C=O) groups excluding carboxylic acids is 1. The van der Waals surface area contributed by atoms with Crippen LogP contribution in [0.2, 0.25) is 0 Å². The number of amides is 1. The van der Waals surface area contributed by atoms with Crippen molar-refractivity contribution in [3.8, 4) is 5.88 Å². The lowest BCUT2D eigenvalue weighted by Crippen LogP contribution is -2.33. The lowest BCUT2D eigenvalue weighted by molar-refractivity contribution is 0.0996. The van der Waals surface area contributed by atoms with E-state index in [0.29, 0.717) is 23.5 Å². The Morgan fingerprint density at radius 1 is 1.29 bits per heavy atom. The standard InChI is InChI=1S/C13H20N4O2.2ClH/c1-19-13-10(12(15)18)6-7-11(17-13)16-9-4-2-8(14)3-5-9;;/h6-9H,2-5,14H2,1H3,(H2,15,18)(H,16,17);2*1H/t8-,9-;;. The molecule has 8 heteroatoms. The van der Waals surface area contributed by atoms with E-state index in [-0.39, 0.29) is 30.7 Å². The van der Waals surface area contributed by atoms with Crippen molar-refractivity contribution in [1.29, 1.82) is 0 Å². The number of rotatable bonds is 4. The summed E-state index contributed by atoms with van der Waals surface area (Å²) in [5.41, 5.74) is 11.4. The molecule has 1 aromatic rings. The van der Waals surface area contributed by atoms with Crippen LogP contribution >= 0.6 is 24.8 Å². The molecule has 0 saturated heterocycles. The number of pyridine rings is 1. The molecule has 0 aliphatic heterocycles. The number of anilines is 1. The summed E-state index contributed by atoms with van der Waals surface area (Å²) in [5, 5.41) is 3.34. The quantitative estimate of drug-likeness (QED) is 0.776. The summed E-state index contributed by atoms with van der Waals surface area (Å²) >= 11 is 0. The van der Waals surface area contributed by atoms with E-state index in [4.69, 9.17) is 16.2 Å². The number of hydrogen-bond donors (Lipinski definition) is 3. The van der Waals surface area contributed by atoms with Gasteiger partial charge in [0.05, 0.1) is 7.11 Å². The molecule has 1 fully saturated rings. The van der Waals surface area contributed by atoms with Gasteiger partial charge >= 0.3 is 0 Å². The normalized spacial score (nSPS) is 20.7. The van der Waals surface area contributed by atoms with Crippen LogP contribution in [0.25, 0.3) is 0 Å². The van der Waals surface area contributed by atoms with Crippen molar-refractivity contribution < 1.29 is 9.53 Å². The van der Waals surface area contributed by atoms with Crippen LogP contribution in [0, 0.1) is 0 Å². The van der Waals surface area contributed by atoms with E-state index in [1.807, 2.05) is 0 Å². The molecule has 0 bridgehead atoms. The average molecular weight is 337 g/mol. The first-order chi connectivity index (χ1) is 9.10. The second-order valence-electron chi connectivity index (χ2n) is 4.87. The van der Waals surface area contributed by atoms with Crippen LogP contribution in [0.1, 0.15) is 36.0 Å². The summed E-state index contributed by atoms with van der Waals surface area (Å²) in [6.45, 7) is 0. The Balaban J connectivity index is 0.00000200. The van der Waals surface area contributed by atoms with E-state index < -0.39 is 5.91 Å². The van der Waals surface area contributed by atoms with Gasteiger partial charge in [-0.2, -0.15) is 4.98 Å². The average Bonchev–Trinajstić information content (AvgIpc) is 2.41. The first-order valence-corrected chi connectivity index (χ1v) is 6.47. The van der Waals surface area contributed by atoms with Gasteiger partial charge in [-0.05, 0) is 37.8 Å². The number of aromatic nitrogens is 1. The summed E-state index contributed by atoms with van der Waals surface area (Å²) in [6, 6.07) is 4.07. The molecular formula is C13H22Cl2N4O2. The van der Waals surface area contributed by atoms with Gasteiger partial charge in [0.1, 0.15) is 11.4 Å². The van der Waals surface area contributed by atoms with Crippen LogP contribution in [-0.2, 0) is 0 Å². The van der Waals surface area contributed by atoms with Crippen molar-refractivity contribution in [2.75, 3.05) is 12.4 Å². The van der Waals surface area contributed by atoms with Crippen molar-refractivity contribution in [2.45, 2.75) is 37.8 Å². The zero-order valence-corrected chi connectivity index (χ0v) is 13.5. The van der Waals surface area contributed by atoms with Crippen molar-refractivity contribution in [3.63, 3.8) is 0 Å². The monoisotopic (exact) mass is 336 g/mol. The fourth-order valence-electron chi connectivity index (χ4n) is 2.34. The van der Waals surface area contributed by atoms with Gasteiger partial charge in [-0.3, -0.25) is 4.79 Å². The SMILES string of the molecule is COc1nc(N[C@H]2CC[C@H](N)CC2)ccc1C(N)=O.Cl.Cl. The van der Waals surface area contributed by atoms with Crippen LogP contribution in [0.15, 0.2) is 12.1 Å². The Labute approximate surface area is 136 Å². The summed E-state index contributed by atoms with van der Waals surface area (Å²) in [7, 11) is 1.47. The number of primary amides is 1. The largest absolute Gasteiger partial charge is 0.480 e. The molecule has 0 radical (unpaired) electrons. The molecular weight excluding hydrogens is 315 g/mol. The van der Waals surface area contributed by atoms with Crippen LogP contribution in [0.3, 0.4) is 0 Å². The van der Waals surface area contributed by atoms with Crippen molar-refractivity contribution in [3.05, 3.63) is 17.7 Å². The van der Waals surface area contributed by atoms with Gasteiger partial charge in [0.2, 0.25) is 5.88 Å². The minimum absolute atomic E-state index is 0. The van der Waals surface area contributed by atoms with Crippen LogP contribution in [0.5, 0.6) is 5.88 Å². The molecule has 120 valence electrons. The minimum Gasteiger partial charge on any atom is -0.480 e. The number of nitrogens with zero attached hydrogens (tertiary/aromatic N) is 1. The second-order valence-corrected chi connectivity index (χ2v) is 4.87. The molecule has 21 heavy (non-hydrogen) atoms. The molecule has 2 rings (SSSR count). The van der Waals surface area contributed by atoms with Gasteiger partial charge in [0.15, 0.2) is 0 Å². The lowest BCUT2D eigenvalue weighted by atomic mass is 9.92. The van der Waals surface area contributed by atoms with Crippen LogP contribution < -0.4 is 21.5 Å². The molecule has 1 aliphatic carbocycles. The van der Waals surface area contributed by atoms with Crippen molar-refractivity contribution >= 4 is 36.5 Å². The third kappa shape index (κ3) is 5.22. The minimum atomic E-state index is -0.542. The fraction of sp³-hybridized carbons (Fsp3) is 0.538. The molecule has 1 heterocycles. The molecule has 1 aromatic heterocycles. The zero-order chi connectivity index (χ0) is 13.8. The molecule has 0 atom stereocenters. The molecule has 1 saturated carbocycles. The van der Waals surface area contributed by atoms with E-state index in [2.05, 4.69) is 10.3 Å². The molecule has 1 aliphatic rings. The molecule has 0 aromatic carbocycles. The topological polar surface area (TPSA) is 103 Å². The number of halogens is 2. The Bertz CT molecular complexity index is 465. The number of hydrogen-bond acceptors (Lipinski definition) is 5. The summed E-state index contributed by atoms with van der Waals surface area (Å²) in [6.07, 6.45) is 4.10. The summed E-state index contributed by atoms with van der Waals surface area (Å²) in [4.78, 5) is 15.4. The smallest absolute Gasteiger partial charge is 0.254 e. The number of ether oxygens (including phenoxy) is 1. The molecule has 6 nitrogen and oxygen atoms in total. The zero-order valence-electron chi connectivity index (χ0n) is 11.9. The number of nitrogens with one attached hydrogen (secondary N) is 1. The van der Waals surface area contributed by atoms with Crippen molar-refractivity contribution in [2.24, 2.45) is 11.5 Å². The fourth-order valence-corrected chi connectivity index (χ4v) is 2.34. The van der Waals surface area contributed by atoms with Crippen LogP contribution in [-0.4, -0.2) is 30.1 Å². The highest BCUT2D eigenvalue weighted by molar-refractivity contribution is 5.95. The number of carbonyl (C=O) groups is 1. The Hall–Kier alpha value is -1.24. The van der Waals surface area contributed by atoms with E-state index in [1.165, 1.54) is 7.11 Å². The summed E-state index contributed by atoms with van der Waals surface area (Å²) < 4.78 is 5.08. The van der Waals surface area contributed by atoms with E-state index >= 15 is 0 Å². The third-order valence-electron chi connectivity index (χ3n) is 3.44. The van der Waals surface area contributed by atoms with Gasteiger partial charge in [0.25, 0.3) is 5.91 Å². The van der Waals surface area contributed by atoms with E-state index in [9.17, 15) is 4.79 Å². The van der Waals surface area contributed by atoms with Gasteiger partial charge < -0.3 is 21.5 Å². The maximum Gasteiger partial charge on any atom is 0.254 e. The first kappa shape index (κ1) is 19.8. The highest BCUT2D eigenvalue weighted by Crippen LogP contribution is 2.23. The Morgan fingerprint density at radius 3 is 2.43 bits per heavy atom. The van der Waals surface area contributed by atoms with Gasteiger partial charge in [0, 0.05) is 12.1 Å².